The molecule has 4 aromatic carbocycles. The number of amides is 1. The molecule has 5 nitrogen and oxygen atoms in total. The summed E-state index contributed by atoms with van der Waals surface area (Å²) in [6.07, 6.45) is 3.29. The van der Waals surface area contributed by atoms with Crippen LogP contribution in [0.5, 0.6) is 0 Å². The second-order valence-electron chi connectivity index (χ2n) is 10.5. The molecule has 0 aliphatic carbocycles. The normalized spacial score (nSPS) is 14.7. The molecule has 0 atom stereocenters. The van der Waals surface area contributed by atoms with Gasteiger partial charge >= 0.3 is 0 Å². The van der Waals surface area contributed by atoms with Crippen molar-refractivity contribution in [2.45, 2.75) is 32.6 Å². The third-order valence-corrected chi connectivity index (χ3v) is 7.72. The first-order valence-electron chi connectivity index (χ1n) is 13.5. The standard InChI is InChI=1S/C34H28N4O/c1-21(39)35-14-13-29-15-24-9-10-26(17-30(24)36-29)32-19-28-12-11-27(20-34(28)38-32)33-18-25-8-7-23(16-31(25)37-33)22-5-3-2-4-6-22/h2-12,16-17,20H,13-15,18-19H2,1H3,(H,35,39). The fourth-order valence-electron chi connectivity index (χ4n) is 5.64. The number of carbonyl (C=O) groups is 1. The van der Waals surface area contributed by atoms with Crippen LogP contribution in [0.1, 0.15) is 41.2 Å². The van der Waals surface area contributed by atoms with Crippen LogP contribution in [-0.4, -0.2) is 29.6 Å². The molecule has 0 bridgehead atoms. The molecule has 0 saturated carbocycles. The van der Waals surface area contributed by atoms with Crippen LogP contribution in [0.25, 0.3) is 11.1 Å². The number of nitrogens with zero attached hydrogens (tertiary/aromatic N) is 3. The van der Waals surface area contributed by atoms with Crippen LogP contribution in [0.15, 0.2) is 99.9 Å². The van der Waals surface area contributed by atoms with E-state index in [1.54, 1.807) is 6.92 Å². The van der Waals surface area contributed by atoms with Crippen molar-refractivity contribution in [1.82, 2.24) is 5.32 Å². The first-order valence-corrected chi connectivity index (χ1v) is 13.5. The van der Waals surface area contributed by atoms with Crippen molar-refractivity contribution in [3.8, 4) is 11.1 Å². The van der Waals surface area contributed by atoms with E-state index in [1.807, 2.05) is 6.07 Å². The minimum absolute atomic E-state index is 0.00268. The summed E-state index contributed by atoms with van der Waals surface area (Å²) in [6.45, 7) is 2.17. The Morgan fingerprint density at radius 1 is 0.641 bits per heavy atom. The minimum atomic E-state index is -0.00268. The number of hydrogen-bond donors (Lipinski definition) is 1. The molecule has 7 rings (SSSR count). The summed E-state index contributed by atoms with van der Waals surface area (Å²) < 4.78 is 0. The molecular weight excluding hydrogens is 480 g/mol. The van der Waals surface area contributed by atoms with E-state index in [0.29, 0.717) is 6.54 Å². The highest BCUT2D eigenvalue weighted by Crippen LogP contribution is 2.37. The summed E-state index contributed by atoms with van der Waals surface area (Å²) in [7, 11) is 0. The van der Waals surface area contributed by atoms with Crippen LogP contribution in [-0.2, 0) is 24.1 Å². The molecular formula is C34H28N4O. The Kier molecular flexibility index (Phi) is 5.77. The molecule has 0 aromatic heterocycles. The van der Waals surface area contributed by atoms with Gasteiger partial charge < -0.3 is 5.32 Å². The fourth-order valence-corrected chi connectivity index (χ4v) is 5.64. The zero-order valence-electron chi connectivity index (χ0n) is 21.9. The summed E-state index contributed by atoms with van der Waals surface area (Å²) in [5.74, 6) is -0.00268. The van der Waals surface area contributed by atoms with Crippen molar-refractivity contribution in [3.05, 3.63) is 113 Å². The molecule has 39 heavy (non-hydrogen) atoms. The predicted octanol–water partition coefficient (Wildman–Crippen LogP) is 6.86. The first kappa shape index (κ1) is 23.5. The number of fused-ring (bicyclic) bond motifs is 3. The van der Waals surface area contributed by atoms with Crippen LogP contribution < -0.4 is 5.32 Å². The molecule has 4 aromatic rings. The number of aliphatic imine (C=N–C) groups is 3. The number of benzene rings is 4. The lowest BCUT2D eigenvalue weighted by Crippen LogP contribution is -2.23. The summed E-state index contributed by atoms with van der Waals surface area (Å²) in [4.78, 5) is 26.0. The van der Waals surface area contributed by atoms with Gasteiger partial charge in [-0.25, -0.2) is 0 Å². The molecule has 1 amide bonds. The Labute approximate surface area is 228 Å². The van der Waals surface area contributed by atoms with Crippen molar-refractivity contribution in [2.75, 3.05) is 6.54 Å². The van der Waals surface area contributed by atoms with E-state index in [9.17, 15) is 4.79 Å². The Bertz CT molecular complexity index is 1730. The van der Waals surface area contributed by atoms with Gasteiger partial charge in [0.25, 0.3) is 0 Å². The number of nitrogens with one attached hydrogen (secondary N) is 1. The average Bonchev–Trinajstić information content (AvgIpc) is 3.68. The maximum atomic E-state index is 11.2. The minimum Gasteiger partial charge on any atom is -0.356 e. The Hall–Kier alpha value is -4.64. The molecule has 5 heteroatoms. The van der Waals surface area contributed by atoms with E-state index in [0.717, 1.165) is 71.0 Å². The van der Waals surface area contributed by atoms with Gasteiger partial charge in [0.1, 0.15) is 0 Å². The van der Waals surface area contributed by atoms with Gasteiger partial charge in [0.15, 0.2) is 0 Å². The molecule has 0 unspecified atom stereocenters. The van der Waals surface area contributed by atoms with Crippen LogP contribution in [0.3, 0.4) is 0 Å². The maximum absolute atomic E-state index is 11.2. The van der Waals surface area contributed by atoms with Gasteiger partial charge in [-0.1, -0.05) is 66.7 Å². The highest BCUT2D eigenvalue weighted by molar-refractivity contribution is 6.10. The van der Waals surface area contributed by atoms with E-state index >= 15 is 0 Å². The monoisotopic (exact) mass is 508 g/mol. The third-order valence-electron chi connectivity index (χ3n) is 7.72. The second kappa shape index (κ2) is 9.59. The maximum Gasteiger partial charge on any atom is 0.216 e. The highest BCUT2D eigenvalue weighted by Gasteiger charge is 2.22. The first-order chi connectivity index (χ1) is 19.1. The predicted molar refractivity (Wildman–Crippen MR) is 159 cm³/mol. The smallest absolute Gasteiger partial charge is 0.216 e. The Morgan fingerprint density at radius 2 is 1.18 bits per heavy atom. The number of rotatable bonds is 6. The molecule has 190 valence electrons. The summed E-state index contributed by atoms with van der Waals surface area (Å²) in [5.41, 5.74) is 14.8. The van der Waals surface area contributed by atoms with Crippen molar-refractivity contribution < 1.29 is 4.79 Å². The molecule has 3 heterocycles. The van der Waals surface area contributed by atoms with E-state index in [-0.39, 0.29) is 5.91 Å². The van der Waals surface area contributed by atoms with Crippen molar-refractivity contribution >= 4 is 40.1 Å². The van der Waals surface area contributed by atoms with Gasteiger partial charge in [-0.3, -0.25) is 19.8 Å². The molecule has 0 fully saturated rings. The van der Waals surface area contributed by atoms with Gasteiger partial charge in [-0.2, -0.15) is 0 Å². The van der Waals surface area contributed by atoms with Crippen LogP contribution in [0.4, 0.5) is 17.1 Å². The van der Waals surface area contributed by atoms with Crippen molar-refractivity contribution in [1.29, 1.82) is 0 Å². The quantitative estimate of drug-likeness (QED) is 0.304. The topological polar surface area (TPSA) is 66.2 Å². The second-order valence-corrected chi connectivity index (χ2v) is 10.5. The number of hydrogen-bond acceptors (Lipinski definition) is 4. The molecule has 0 spiro atoms. The van der Waals surface area contributed by atoms with Crippen LogP contribution in [0.2, 0.25) is 0 Å². The molecule has 0 radical (unpaired) electrons. The van der Waals surface area contributed by atoms with E-state index in [4.69, 9.17) is 15.0 Å². The van der Waals surface area contributed by atoms with E-state index in [2.05, 4.69) is 84.2 Å². The SMILES string of the molecule is CC(=O)NCCC1=Nc2cc(C3=Nc4cc(C5=Nc6cc(-c7ccccc7)ccc6C5)ccc4C3)ccc2C1. The lowest BCUT2D eigenvalue weighted by Gasteiger charge is -2.04. The van der Waals surface area contributed by atoms with E-state index < -0.39 is 0 Å². The van der Waals surface area contributed by atoms with Crippen molar-refractivity contribution in [2.24, 2.45) is 15.0 Å². The molecule has 0 saturated heterocycles. The number of carbonyl (C=O) groups excluding carboxylic acids is 1. The highest BCUT2D eigenvalue weighted by atomic mass is 16.1. The lowest BCUT2D eigenvalue weighted by molar-refractivity contribution is -0.118. The van der Waals surface area contributed by atoms with Crippen LogP contribution in [0, 0.1) is 0 Å². The fraction of sp³-hybridized carbons (Fsp3) is 0.176. The van der Waals surface area contributed by atoms with E-state index in [1.165, 1.54) is 27.8 Å². The van der Waals surface area contributed by atoms with Gasteiger partial charge in [-0.15, -0.1) is 0 Å². The summed E-state index contributed by atoms with van der Waals surface area (Å²) in [6, 6.07) is 30.1. The van der Waals surface area contributed by atoms with Gasteiger partial charge in [0, 0.05) is 44.9 Å². The van der Waals surface area contributed by atoms with Gasteiger partial charge in [-0.05, 0) is 57.1 Å². The molecule has 1 N–H and O–H groups in total. The van der Waals surface area contributed by atoms with Crippen LogP contribution >= 0.6 is 0 Å². The zero-order valence-corrected chi connectivity index (χ0v) is 21.9. The summed E-state index contributed by atoms with van der Waals surface area (Å²) in [5, 5.41) is 2.86. The zero-order chi connectivity index (χ0) is 26.3. The molecule has 3 aliphatic rings. The average molecular weight is 509 g/mol. The van der Waals surface area contributed by atoms with Gasteiger partial charge in [0.05, 0.1) is 28.5 Å². The lowest BCUT2D eigenvalue weighted by atomic mass is 9.98. The summed E-state index contributed by atoms with van der Waals surface area (Å²) >= 11 is 0. The Morgan fingerprint density at radius 3 is 1.79 bits per heavy atom. The molecule has 3 aliphatic heterocycles. The Balaban J connectivity index is 1.10. The van der Waals surface area contributed by atoms with Gasteiger partial charge in [0.2, 0.25) is 5.91 Å². The van der Waals surface area contributed by atoms with Crippen molar-refractivity contribution in [3.63, 3.8) is 0 Å². The largest absolute Gasteiger partial charge is 0.356 e. The third kappa shape index (κ3) is 4.61.